The van der Waals surface area contributed by atoms with Gasteiger partial charge >= 0.3 is 5.97 Å². The third kappa shape index (κ3) is 3.94. The first-order valence-electron chi connectivity index (χ1n) is 10.1. The summed E-state index contributed by atoms with van der Waals surface area (Å²) in [6.07, 6.45) is 4.00. The lowest BCUT2D eigenvalue weighted by molar-refractivity contribution is -0.140. The SMILES string of the molecule is CC1C(c2ccccc2)C1(NS(=O)(=O)C1CC=C(CCc2ccccc2)S1)C(=O)O. The Balaban J connectivity index is 1.43. The molecule has 1 fully saturated rings. The van der Waals surface area contributed by atoms with Crippen molar-refractivity contribution < 1.29 is 18.3 Å². The summed E-state index contributed by atoms with van der Waals surface area (Å²) < 4.78 is 28.1. The standard InChI is InChI=1S/C23H25NO4S2/c1-16-21(18-10-6-3-7-11-18)23(16,22(25)26)24-30(27,28)20-15-14-19(29-20)13-12-17-8-4-2-5-9-17/h2-11,14,16,20-21,24H,12-13,15H2,1H3,(H,25,26). The average Bonchev–Trinajstić information content (AvgIpc) is 3.09. The molecule has 4 atom stereocenters. The number of sulfonamides is 1. The van der Waals surface area contributed by atoms with E-state index in [9.17, 15) is 18.3 Å². The highest BCUT2D eigenvalue weighted by atomic mass is 32.3. The van der Waals surface area contributed by atoms with Crippen LogP contribution in [0.3, 0.4) is 0 Å². The van der Waals surface area contributed by atoms with Crippen molar-refractivity contribution in [2.24, 2.45) is 5.92 Å². The first-order valence-corrected chi connectivity index (χ1v) is 12.5. The molecule has 0 saturated heterocycles. The number of allylic oxidation sites excluding steroid dienone is 2. The van der Waals surface area contributed by atoms with Crippen LogP contribution in [0.1, 0.15) is 36.8 Å². The van der Waals surface area contributed by atoms with Gasteiger partial charge in [0.1, 0.15) is 10.1 Å². The molecule has 1 saturated carbocycles. The molecule has 1 heterocycles. The van der Waals surface area contributed by atoms with E-state index < -0.39 is 26.1 Å². The number of rotatable bonds is 8. The van der Waals surface area contributed by atoms with E-state index in [1.807, 2.05) is 54.6 Å². The molecule has 4 rings (SSSR count). The van der Waals surface area contributed by atoms with Crippen LogP contribution in [0.15, 0.2) is 71.6 Å². The van der Waals surface area contributed by atoms with Gasteiger partial charge in [-0.25, -0.2) is 8.42 Å². The third-order valence-corrected chi connectivity index (χ3v) is 9.78. The Labute approximate surface area is 181 Å². The Bertz CT molecular complexity index is 1050. The van der Waals surface area contributed by atoms with E-state index in [1.165, 1.54) is 17.3 Å². The summed E-state index contributed by atoms with van der Waals surface area (Å²) in [5.41, 5.74) is 0.578. The van der Waals surface area contributed by atoms with Gasteiger partial charge in [0, 0.05) is 5.92 Å². The zero-order chi connectivity index (χ0) is 21.4. The number of hydrogen-bond donors (Lipinski definition) is 2. The Hall–Kier alpha value is -2.09. The van der Waals surface area contributed by atoms with Crippen molar-refractivity contribution in [2.75, 3.05) is 0 Å². The highest BCUT2D eigenvalue weighted by Gasteiger charge is 2.70. The molecule has 0 spiro atoms. The lowest BCUT2D eigenvalue weighted by atomic mass is 10.1. The number of aryl methyl sites for hydroxylation is 1. The molecule has 7 heteroatoms. The van der Waals surface area contributed by atoms with Crippen molar-refractivity contribution >= 4 is 27.8 Å². The van der Waals surface area contributed by atoms with E-state index in [1.54, 1.807) is 6.92 Å². The van der Waals surface area contributed by atoms with Crippen LogP contribution in [0, 0.1) is 5.92 Å². The second kappa shape index (κ2) is 8.21. The maximum Gasteiger partial charge on any atom is 0.325 e. The van der Waals surface area contributed by atoms with Gasteiger partial charge in [0.2, 0.25) is 10.0 Å². The smallest absolute Gasteiger partial charge is 0.325 e. The fourth-order valence-corrected chi connectivity index (χ4v) is 7.67. The first-order chi connectivity index (χ1) is 14.3. The molecule has 0 amide bonds. The molecule has 2 N–H and O–H groups in total. The molecular formula is C23H25NO4S2. The minimum atomic E-state index is -3.81. The molecule has 0 aromatic heterocycles. The predicted molar refractivity (Wildman–Crippen MR) is 120 cm³/mol. The number of aliphatic carboxylic acids is 1. The van der Waals surface area contributed by atoms with Crippen LogP contribution >= 0.6 is 11.8 Å². The van der Waals surface area contributed by atoms with E-state index in [2.05, 4.69) is 16.9 Å². The number of carboxylic acids is 1. The first kappa shape index (κ1) is 21.2. The van der Waals surface area contributed by atoms with Crippen LogP contribution in [0.2, 0.25) is 0 Å². The highest BCUT2D eigenvalue weighted by molar-refractivity contribution is 8.15. The quantitative estimate of drug-likeness (QED) is 0.641. The van der Waals surface area contributed by atoms with Crippen LogP contribution in [0.5, 0.6) is 0 Å². The fraction of sp³-hybridized carbons (Fsp3) is 0.348. The molecule has 0 radical (unpaired) electrons. The van der Waals surface area contributed by atoms with Crippen molar-refractivity contribution in [1.82, 2.24) is 4.72 Å². The van der Waals surface area contributed by atoms with Gasteiger partial charge in [-0.05, 0) is 41.2 Å². The number of nitrogens with one attached hydrogen (secondary N) is 1. The second-order valence-electron chi connectivity index (χ2n) is 7.94. The highest BCUT2D eigenvalue weighted by Crippen LogP contribution is 2.58. The van der Waals surface area contributed by atoms with Gasteiger partial charge in [0.15, 0.2) is 0 Å². The van der Waals surface area contributed by atoms with Crippen LogP contribution in [-0.2, 0) is 21.2 Å². The summed E-state index contributed by atoms with van der Waals surface area (Å²) >= 11 is 1.33. The zero-order valence-electron chi connectivity index (χ0n) is 16.7. The van der Waals surface area contributed by atoms with Crippen LogP contribution in [0.25, 0.3) is 0 Å². The van der Waals surface area contributed by atoms with Gasteiger partial charge in [-0.2, -0.15) is 4.72 Å². The molecule has 5 nitrogen and oxygen atoms in total. The monoisotopic (exact) mass is 443 g/mol. The van der Waals surface area contributed by atoms with E-state index in [0.29, 0.717) is 6.42 Å². The third-order valence-electron chi connectivity index (χ3n) is 6.09. The largest absolute Gasteiger partial charge is 0.480 e. The minimum absolute atomic E-state index is 0.316. The molecular weight excluding hydrogens is 418 g/mol. The van der Waals surface area contributed by atoms with Crippen molar-refractivity contribution in [3.05, 3.63) is 82.8 Å². The number of carboxylic acid groups (broad SMARTS) is 1. The molecule has 2 aromatic carbocycles. The van der Waals surface area contributed by atoms with Gasteiger partial charge in [-0.3, -0.25) is 4.79 Å². The van der Waals surface area contributed by atoms with Crippen LogP contribution < -0.4 is 4.72 Å². The maximum absolute atomic E-state index is 13.1. The fourth-order valence-electron chi connectivity index (χ4n) is 4.36. The molecule has 30 heavy (non-hydrogen) atoms. The van der Waals surface area contributed by atoms with Gasteiger partial charge in [-0.15, -0.1) is 11.8 Å². The van der Waals surface area contributed by atoms with Crippen molar-refractivity contribution in [3.63, 3.8) is 0 Å². The number of carbonyl (C=O) groups is 1. The summed E-state index contributed by atoms with van der Waals surface area (Å²) in [6.45, 7) is 1.79. The summed E-state index contributed by atoms with van der Waals surface area (Å²) in [5.74, 6) is -1.81. The number of hydrogen-bond acceptors (Lipinski definition) is 4. The van der Waals surface area contributed by atoms with Crippen LogP contribution in [-0.4, -0.2) is 29.6 Å². The molecule has 1 aliphatic heterocycles. The molecule has 2 aliphatic rings. The Kier molecular flexibility index (Phi) is 5.79. The van der Waals surface area contributed by atoms with Gasteiger partial charge < -0.3 is 5.11 Å². The Morgan fingerprint density at radius 3 is 2.37 bits per heavy atom. The predicted octanol–water partition coefficient (Wildman–Crippen LogP) is 4.14. The van der Waals surface area contributed by atoms with Gasteiger partial charge in [0.05, 0.1) is 0 Å². The molecule has 4 unspecified atom stereocenters. The van der Waals surface area contributed by atoms with Gasteiger partial charge in [-0.1, -0.05) is 73.7 Å². The summed E-state index contributed by atoms with van der Waals surface area (Å²) in [6, 6.07) is 19.3. The summed E-state index contributed by atoms with van der Waals surface area (Å²) in [5, 5.41) is 9.93. The van der Waals surface area contributed by atoms with E-state index in [0.717, 1.165) is 23.3 Å². The maximum atomic E-state index is 13.1. The lowest BCUT2D eigenvalue weighted by Gasteiger charge is -2.19. The van der Waals surface area contributed by atoms with Gasteiger partial charge in [0.25, 0.3) is 0 Å². The molecule has 0 bridgehead atoms. The van der Waals surface area contributed by atoms with E-state index in [4.69, 9.17) is 0 Å². The topological polar surface area (TPSA) is 83.5 Å². The summed E-state index contributed by atoms with van der Waals surface area (Å²) in [7, 11) is -3.81. The number of benzene rings is 2. The molecule has 158 valence electrons. The number of thioether (sulfide) groups is 1. The molecule has 2 aromatic rings. The Morgan fingerprint density at radius 2 is 1.73 bits per heavy atom. The second-order valence-corrected chi connectivity index (χ2v) is 11.4. The lowest BCUT2D eigenvalue weighted by Crippen LogP contribution is -2.48. The van der Waals surface area contributed by atoms with Crippen molar-refractivity contribution in [1.29, 1.82) is 0 Å². The normalized spacial score (nSPS) is 28.2. The van der Waals surface area contributed by atoms with Crippen LogP contribution in [0.4, 0.5) is 0 Å². The van der Waals surface area contributed by atoms with Crippen molar-refractivity contribution in [3.8, 4) is 0 Å². The molecule has 1 aliphatic carbocycles. The average molecular weight is 444 g/mol. The van der Waals surface area contributed by atoms with E-state index in [-0.39, 0.29) is 11.8 Å². The summed E-state index contributed by atoms with van der Waals surface area (Å²) in [4.78, 5) is 13.2. The van der Waals surface area contributed by atoms with Crippen molar-refractivity contribution in [2.45, 2.75) is 42.2 Å². The Morgan fingerprint density at radius 1 is 1.10 bits per heavy atom. The van der Waals surface area contributed by atoms with E-state index >= 15 is 0 Å². The zero-order valence-corrected chi connectivity index (χ0v) is 18.3. The minimum Gasteiger partial charge on any atom is -0.480 e.